The largest absolute Gasteiger partial charge is 0.477 e. The van der Waals surface area contributed by atoms with E-state index in [0.29, 0.717) is 5.56 Å². The molecule has 0 saturated carbocycles. The van der Waals surface area contributed by atoms with Gasteiger partial charge in [-0.15, -0.1) is 0 Å². The number of alkyl halides is 2. The molecule has 3 aromatic carbocycles. The Kier molecular flexibility index (Phi) is 12.0. The summed E-state index contributed by atoms with van der Waals surface area (Å²) >= 11 is 0. The fourth-order valence-electron chi connectivity index (χ4n) is 4.64. The third-order valence-electron chi connectivity index (χ3n) is 6.56. The SMILES string of the molecule is CCOP(=O)(OCC)O[C@@]1(C(O)(F)F)O[C@H](COCc2ccccc2)[C@@H](OCc2ccccc2)[C@@H]1OCc1ccccc1. The molecule has 0 unspecified atom stereocenters. The van der Waals surface area contributed by atoms with E-state index >= 15 is 8.78 Å². The zero-order valence-corrected chi connectivity index (χ0v) is 24.9. The lowest BCUT2D eigenvalue weighted by atomic mass is 10.0. The predicted molar refractivity (Wildman–Crippen MR) is 153 cm³/mol. The molecule has 0 radical (unpaired) electrons. The highest BCUT2D eigenvalue weighted by Gasteiger charge is 2.73. The molecule has 4 rings (SSSR count). The molecule has 4 atom stereocenters. The van der Waals surface area contributed by atoms with Gasteiger partial charge in [0.1, 0.15) is 12.2 Å². The van der Waals surface area contributed by atoms with Gasteiger partial charge in [0.05, 0.1) is 39.6 Å². The molecule has 0 bridgehead atoms. The van der Waals surface area contributed by atoms with Crippen molar-refractivity contribution < 1.29 is 51.0 Å². The first-order valence-electron chi connectivity index (χ1n) is 14.0. The van der Waals surface area contributed by atoms with Gasteiger partial charge in [-0.2, -0.15) is 8.78 Å². The van der Waals surface area contributed by atoms with E-state index in [4.69, 9.17) is 32.5 Å². The molecule has 9 nitrogen and oxygen atoms in total. The maximum Gasteiger partial charge on any atom is 0.477 e. The van der Waals surface area contributed by atoms with Crippen LogP contribution < -0.4 is 0 Å². The summed E-state index contributed by atoms with van der Waals surface area (Å²) in [5, 5.41) is 10.4. The minimum atomic E-state index is -4.76. The van der Waals surface area contributed by atoms with Gasteiger partial charge in [-0.05, 0) is 30.5 Å². The van der Waals surface area contributed by atoms with E-state index in [0.717, 1.165) is 11.1 Å². The van der Waals surface area contributed by atoms with Gasteiger partial charge in [0, 0.05) is 0 Å². The smallest absolute Gasteiger partial charge is 0.374 e. The molecule has 1 N–H and O–H groups in total. The summed E-state index contributed by atoms with van der Waals surface area (Å²) in [5.41, 5.74) is 2.23. The van der Waals surface area contributed by atoms with Crippen LogP contribution in [-0.2, 0) is 56.9 Å². The topological polar surface area (TPSA) is 102 Å². The van der Waals surface area contributed by atoms with Crippen LogP contribution in [0.4, 0.5) is 8.78 Å². The van der Waals surface area contributed by atoms with Crippen LogP contribution in [-0.4, -0.2) is 55.1 Å². The highest BCUT2D eigenvalue weighted by atomic mass is 31.2. The summed E-state index contributed by atoms with van der Waals surface area (Å²) in [7, 11) is -4.71. The van der Waals surface area contributed by atoms with Crippen molar-refractivity contribution in [2.75, 3.05) is 19.8 Å². The monoisotopic (exact) mass is 622 g/mol. The van der Waals surface area contributed by atoms with Crippen molar-refractivity contribution in [2.24, 2.45) is 0 Å². The molecule has 234 valence electrons. The Balaban J connectivity index is 1.72. The summed E-state index contributed by atoms with van der Waals surface area (Å²) in [4.78, 5) is 0. The Bertz CT molecular complexity index is 1270. The highest BCUT2D eigenvalue weighted by Crippen LogP contribution is 2.59. The molecule has 0 amide bonds. The van der Waals surface area contributed by atoms with E-state index in [-0.39, 0.29) is 39.6 Å². The van der Waals surface area contributed by atoms with Gasteiger partial charge < -0.3 is 24.1 Å². The number of benzene rings is 3. The molecule has 0 spiro atoms. The van der Waals surface area contributed by atoms with Crippen LogP contribution in [0.1, 0.15) is 30.5 Å². The summed E-state index contributed by atoms with van der Waals surface area (Å²) < 4.78 is 84.1. The van der Waals surface area contributed by atoms with Crippen molar-refractivity contribution in [1.29, 1.82) is 0 Å². The van der Waals surface area contributed by atoms with Crippen LogP contribution in [0.25, 0.3) is 0 Å². The van der Waals surface area contributed by atoms with Crippen molar-refractivity contribution in [3.8, 4) is 0 Å². The van der Waals surface area contributed by atoms with Crippen molar-refractivity contribution in [3.63, 3.8) is 0 Å². The highest BCUT2D eigenvalue weighted by molar-refractivity contribution is 7.48. The van der Waals surface area contributed by atoms with Crippen molar-refractivity contribution >= 4 is 7.82 Å². The third-order valence-corrected chi connectivity index (χ3v) is 8.20. The number of rotatable bonds is 17. The lowest BCUT2D eigenvalue weighted by Crippen LogP contribution is -2.59. The third kappa shape index (κ3) is 8.76. The van der Waals surface area contributed by atoms with E-state index in [2.05, 4.69) is 0 Å². The van der Waals surface area contributed by atoms with Crippen LogP contribution in [0.2, 0.25) is 0 Å². The minimum Gasteiger partial charge on any atom is -0.374 e. The van der Waals surface area contributed by atoms with Crippen molar-refractivity contribution in [2.45, 2.75) is 63.9 Å². The van der Waals surface area contributed by atoms with Gasteiger partial charge in [-0.3, -0.25) is 9.05 Å². The quantitative estimate of drug-likeness (QED) is 0.175. The molecule has 1 aliphatic rings. The van der Waals surface area contributed by atoms with Gasteiger partial charge in [0.15, 0.2) is 6.10 Å². The average Bonchev–Trinajstić information content (AvgIpc) is 3.29. The van der Waals surface area contributed by atoms with Crippen LogP contribution in [0.15, 0.2) is 91.0 Å². The second-order valence-electron chi connectivity index (χ2n) is 9.72. The molecule has 1 fully saturated rings. The van der Waals surface area contributed by atoms with E-state index in [1.807, 2.05) is 48.5 Å². The predicted octanol–water partition coefficient (Wildman–Crippen LogP) is 6.25. The van der Waals surface area contributed by atoms with Gasteiger partial charge in [-0.1, -0.05) is 91.0 Å². The fourth-order valence-corrected chi connectivity index (χ4v) is 6.04. The number of phosphoric acid groups is 1. The minimum absolute atomic E-state index is 0.0170. The first-order valence-corrected chi connectivity index (χ1v) is 15.5. The molecule has 12 heteroatoms. The van der Waals surface area contributed by atoms with Crippen molar-refractivity contribution in [1.82, 2.24) is 0 Å². The summed E-state index contributed by atoms with van der Waals surface area (Å²) in [6.45, 7) is 2.27. The molecule has 1 heterocycles. The van der Waals surface area contributed by atoms with Crippen LogP contribution >= 0.6 is 7.82 Å². The molecule has 3 aromatic rings. The number of ether oxygens (including phenoxy) is 4. The summed E-state index contributed by atoms with van der Waals surface area (Å²) in [5.74, 6) is -3.36. The number of phosphoric ester groups is 1. The second-order valence-corrected chi connectivity index (χ2v) is 11.3. The first-order chi connectivity index (χ1) is 20.7. The molecular formula is C31H37F2O9P. The molecule has 0 aromatic heterocycles. The molecule has 1 aliphatic heterocycles. The molecular weight excluding hydrogens is 585 g/mol. The van der Waals surface area contributed by atoms with Crippen LogP contribution in [0, 0.1) is 0 Å². The molecule has 43 heavy (non-hydrogen) atoms. The van der Waals surface area contributed by atoms with E-state index in [1.165, 1.54) is 13.8 Å². The lowest BCUT2D eigenvalue weighted by Gasteiger charge is -2.38. The number of hydrogen-bond donors (Lipinski definition) is 1. The summed E-state index contributed by atoms with van der Waals surface area (Å²) in [6.07, 6.45) is -9.13. The maximum atomic E-state index is 15.5. The zero-order chi connectivity index (χ0) is 30.8. The Morgan fingerprint density at radius 3 is 1.72 bits per heavy atom. The Morgan fingerprint density at radius 1 is 0.791 bits per heavy atom. The average molecular weight is 623 g/mol. The van der Waals surface area contributed by atoms with Crippen LogP contribution in [0.5, 0.6) is 0 Å². The number of aliphatic hydroxyl groups is 1. The summed E-state index contributed by atoms with van der Waals surface area (Å²) in [6, 6.07) is 27.1. The van der Waals surface area contributed by atoms with E-state index < -0.39 is 38.0 Å². The molecule has 0 aliphatic carbocycles. The van der Waals surface area contributed by atoms with Gasteiger partial charge in [0.2, 0.25) is 0 Å². The molecule has 1 saturated heterocycles. The maximum absolute atomic E-state index is 15.5. The Hall–Kier alpha value is -2.57. The number of hydrogen-bond acceptors (Lipinski definition) is 9. The Morgan fingerprint density at radius 2 is 1.26 bits per heavy atom. The second kappa shape index (κ2) is 15.4. The fraction of sp³-hybridized carbons (Fsp3) is 0.419. The first kappa shape index (κ1) is 33.3. The normalized spacial score (nSPS) is 22.6. The van der Waals surface area contributed by atoms with Gasteiger partial charge in [0.25, 0.3) is 0 Å². The zero-order valence-electron chi connectivity index (χ0n) is 24.1. The van der Waals surface area contributed by atoms with E-state index in [1.54, 1.807) is 42.5 Å². The van der Waals surface area contributed by atoms with Gasteiger partial charge in [-0.25, -0.2) is 9.09 Å². The van der Waals surface area contributed by atoms with E-state index in [9.17, 15) is 9.67 Å². The number of halogens is 2. The lowest BCUT2D eigenvalue weighted by molar-refractivity contribution is -0.402. The van der Waals surface area contributed by atoms with Crippen molar-refractivity contribution in [3.05, 3.63) is 108 Å². The standard InChI is InChI=1S/C31H37F2O9P/c1-3-39-43(35,40-4-2)42-30(31(32,33)34)29(38-22-26-18-12-7-13-19-26)28(37-21-25-16-10-6-11-17-25)27(41-30)23-36-20-24-14-8-5-9-15-24/h5-19,27-29,34H,3-4,20-23H2,1-2H3/t27-,28-,29+,30+/m1/s1. The Labute approximate surface area is 250 Å². The van der Waals surface area contributed by atoms with Gasteiger partial charge >= 0.3 is 19.7 Å². The van der Waals surface area contributed by atoms with Crippen LogP contribution in [0.3, 0.4) is 0 Å².